The molecule has 0 heterocycles. The molecule has 0 fully saturated rings. The molecule has 0 atom stereocenters. The highest BCUT2D eigenvalue weighted by atomic mass is 15.2. The Hall–Kier alpha value is -0.0800. The summed E-state index contributed by atoms with van der Waals surface area (Å²) in [5, 5.41) is 0. The lowest BCUT2D eigenvalue weighted by Gasteiger charge is -2.31. The smallest absolute Gasteiger partial charge is 0.00412 e. The molecule has 20 heavy (non-hydrogen) atoms. The van der Waals surface area contributed by atoms with E-state index in [9.17, 15) is 0 Å². The fraction of sp³-hybridized carbons (Fsp3) is 1.00. The zero-order valence-corrected chi connectivity index (χ0v) is 15.4. The van der Waals surface area contributed by atoms with Gasteiger partial charge in [-0.15, -0.1) is 0 Å². The van der Waals surface area contributed by atoms with E-state index in [0.717, 1.165) is 0 Å². The van der Waals surface area contributed by atoms with Crippen LogP contribution in [0.25, 0.3) is 0 Å². The number of rotatable bonds is 11. The summed E-state index contributed by atoms with van der Waals surface area (Å²) >= 11 is 0. The van der Waals surface area contributed by atoms with Gasteiger partial charge in [-0.3, -0.25) is 9.80 Å². The lowest BCUT2D eigenvalue weighted by atomic mass is 10.1. The summed E-state index contributed by atoms with van der Waals surface area (Å²) in [5.41, 5.74) is 0. The summed E-state index contributed by atoms with van der Waals surface area (Å²) in [6.45, 7) is 21.0. The molecule has 0 rings (SSSR count). The molecule has 2 nitrogen and oxygen atoms in total. The van der Waals surface area contributed by atoms with Crippen molar-refractivity contribution in [3.63, 3.8) is 0 Å². The molecule has 0 radical (unpaired) electrons. The van der Waals surface area contributed by atoms with Gasteiger partial charge in [0.05, 0.1) is 0 Å². The van der Waals surface area contributed by atoms with Crippen LogP contribution in [0, 0.1) is 0 Å². The minimum Gasteiger partial charge on any atom is -0.299 e. The average molecular weight is 285 g/mol. The maximum Gasteiger partial charge on any atom is 0.00412 e. The summed E-state index contributed by atoms with van der Waals surface area (Å²) in [7, 11) is 0. The number of hydrogen-bond acceptors (Lipinski definition) is 2. The van der Waals surface area contributed by atoms with Gasteiger partial charge in [0.25, 0.3) is 0 Å². The lowest BCUT2D eigenvalue weighted by Crippen LogP contribution is -2.38. The topological polar surface area (TPSA) is 6.48 Å². The van der Waals surface area contributed by atoms with E-state index in [-0.39, 0.29) is 0 Å². The molecule has 0 aromatic rings. The molecule has 0 spiro atoms. The molecule has 0 saturated heterocycles. The molecule has 0 unspecified atom stereocenters. The fourth-order valence-corrected chi connectivity index (χ4v) is 3.17. The molecule has 0 amide bonds. The van der Waals surface area contributed by atoms with Crippen molar-refractivity contribution in [3.05, 3.63) is 0 Å². The summed E-state index contributed by atoms with van der Waals surface area (Å²) in [4.78, 5) is 5.21. The third-order valence-electron chi connectivity index (χ3n) is 4.24. The average Bonchev–Trinajstić information content (AvgIpc) is 2.30. The monoisotopic (exact) mass is 284 g/mol. The Kier molecular flexibility index (Phi) is 10.6. The van der Waals surface area contributed by atoms with Gasteiger partial charge in [-0.1, -0.05) is 12.8 Å². The molecular formula is C18H40N2. The minimum atomic E-state index is 0.673. The second-order valence-corrected chi connectivity index (χ2v) is 7.26. The Balaban J connectivity index is 3.76. The zero-order valence-electron chi connectivity index (χ0n) is 15.4. The molecule has 0 aromatic heterocycles. The van der Waals surface area contributed by atoms with Crippen LogP contribution in [0.2, 0.25) is 0 Å². The van der Waals surface area contributed by atoms with Crippen LogP contribution in [0.1, 0.15) is 81.1 Å². The highest BCUT2D eigenvalue weighted by Gasteiger charge is 2.13. The van der Waals surface area contributed by atoms with Crippen molar-refractivity contribution in [3.8, 4) is 0 Å². The highest BCUT2D eigenvalue weighted by molar-refractivity contribution is 4.69. The van der Waals surface area contributed by atoms with Crippen LogP contribution in [0.3, 0.4) is 0 Å². The first-order chi connectivity index (χ1) is 9.27. The van der Waals surface area contributed by atoms with E-state index in [1.54, 1.807) is 0 Å². The van der Waals surface area contributed by atoms with E-state index in [1.807, 2.05) is 0 Å². The Morgan fingerprint density at radius 1 is 0.450 bits per heavy atom. The van der Waals surface area contributed by atoms with E-state index in [0.29, 0.717) is 24.2 Å². The van der Waals surface area contributed by atoms with Crippen molar-refractivity contribution < 1.29 is 0 Å². The molecule has 0 aliphatic carbocycles. The number of nitrogens with zero attached hydrogens (tertiary/aromatic N) is 2. The van der Waals surface area contributed by atoms with Crippen LogP contribution in [-0.2, 0) is 0 Å². The molecule has 0 bridgehead atoms. The Morgan fingerprint density at radius 2 is 0.700 bits per heavy atom. The zero-order chi connectivity index (χ0) is 15.7. The standard InChI is InChI=1S/C18H40N2/c1-15(2)19(16(3)4)13-11-9-10-12-14-20(17(5)6)18(7)8/h15-18H,9-14H2,1-8H3. The van der Waals surface area contributed by atoms with Crippen molar-refractivity contribution in [2.24, 2.45) is 0 Å². The van der Waals surface area contributed by atoms with E-state index < -0.39 is 0 Å². The predicted octanol–water partition coefficient (Wildman–Crippen LogP) is 4.78. The van der Waals surface area contributed by atoms with Gasteiger partial charge in [0.2, 0.25) is 0 Å². The highest BCUT2D eigenvalue weighted by Crippen LogP contribution is 2.11. The summed E-state index contributed by atoms with van der Waals surface area (Å²) in [5.74, 6) is 0. The Bertz CT molecular complexity index is 181. The van der Waals surface area contributed by atoms with Crippen molar-refractivity contribution in [1.82, 2.24) is 9.80 Å². The van der Waals surface area contributed by atoms with Gasteiger partial charge in [-0.25, -0.2) is 0 Å². The van der Waals surface area contributed by atoms with Gasteiger partial charge in [-0.2, -0.15) is 0 Å². The summed E-state index contributed by atoms with van der Waals surface area (Å²) in [6, 6.07) is 2.69. The molecular weight excluding hydrogens is 244 g/mol. The van der Waals surface area contributed by atoms with E-state index in [1.165, 1.54) is 38.8 Å². The second-order valence-electron chi connectivity index (χ2n) is 7.26. The maximum absolute atomic E-state index is 2.61. The van der Waals surface area contributed by atoms with Crippen LogP contribution in [0.15, 0.2) is 0 Å². The molecule has 2 heteroatoms. The summed E-state index contributed by atoms with van der Waals surface area (Å²) < 4.78 is 0. The van der Waals surface area contributed by atoms with Crippen LogP contribution >= 0.6 is 0 Å². The summed E-state index contributed by atoms with van der Waals surface area (Å²) in [6.07, 6.45) is 5.44. The molecule has 122 valence electrons. The van der Waals surface area contributed by atoms with E-state index in [4.69, 9.17) is 0 Å². The largest absolute Gasteiger partial charge is 0.299 e. The third-order valence-corrected chi connectivity index (χ3v) is 4.24. The van der Waals surface area contributed by atoms with Gasteiger partial charge < -0.3 is 0 Å². The Morgan fingerprint density at radius 3 is 0.900 bits per heavy atom. The van der Waals surface area contributed by atoms with Crippen molar-refractivity contribution >= 4 is 0 Å². The van der Waals surface area contributed by atoms with Crippen LogP contribution in [0.5, 0.6) is 0 Å². The first-order valence-corrected chi connectivity index (χ1v) is 8.78. The maximum atomic E-state index is 2.61. The molecule has 0 N–H and O–H groups in total. The third kappa shape index (κ3) is 8.26. The van der Waals surface area contributed by atoms with Crippen LogP contribution in [-0.4, -0.2) is 47.1 Å². The molecule has 0 aliphatic heterocycles. The Labute approximate surface area is 128 Å². The van der Waals surface area contributed by atoms with Gasteiger partial charge >= 0.3 is 0 Å². The molecule has 0 aliphatic rings. The van der Waals surface area contributed by atoms with Crippen LogP contribution in [0.4, 0.5) is 0 Å². The first-order valence-electron chi connectivity index (χ1n) is 8.78. The lowest BCUT2D eigenvalue weighted by molar-refractivity contribution is 0.164. The van der Waals surface area contributed by atoms with E-state index >= 15 is 0 Å². The van der Waals surface area contributed by atoms with Gasteiger partial charge in [0.15, 0.2) is 0 Å². The van der Waals surface area contributed by atoms with Gasteiger partial charge in [-0.05, 0) is 81.3 Å². The normalized spacial score (nSPS) is 12.9. The van der Waals surface area contributed by atoms with Gasteiger partial charge in [0.1, 0.15) is 0 Å². The predicted molar refractivity (Wildman–Crippen MR) is 92.4 cm³/mol. The van der Waals surface area contributed by atoms with Gasteiger partial charge in [0, 0.05) is 24.2 Å². The molecule has 0 saturated carbocycles. The van der Waals surface area contributed by atoms with Crippen molar-refractivity contribution in [2.75, 3.05) is 13.1 Å². The van der Waals surface area contributed by atoms with E-state index in [2.05, 4.69) is 65.2 Å². The van der Waals surface area contributed by atoms with Crippen LogP contribution < -0.4 is 0 Å². The SMILES string of the molecule is CC(C)N(CCCCCCN(C(C)C)C(C)C)C(C)C. The fourth-order valence-electron chi connectivity index (χ4n) is 3.17. The first kappa shape index (κ1) is 19.9. The second kappa shape index (κ2) is 10.6. The van der Waals surface area contributed by atoms with Crippen molar-refractivity contribution in [1.29, 1.82) is 0 Å². The minimum absolute atomic E-state index is 0.673. The van der Waals surface area contributed by atoms with Crippen molar-refractivity contribution in [2.45, 2.75) is 105 Å². The quantitative estimate of drug-likeness (QED) is 0.504. The number of unbranched alkanes of at least 4 members (excludes halogenated alkanes) is 3. The number of hydrogen-bond donors (Lipinski definition) is 0. The molecule has 0 aromatic carbocycles.